The molecule has 2 atom stereocenters. The Morgan fingerprint density at radius 2 is 1.93 bits per heavy atom. The molecule has 2 aliphatic heterocycles. The van der Waals surface area contributed by atoms with Gasteiger partial charge in [-0.3, -0.25) is 0 Å². The molecule has 78 valence electrons. The van der Waals surface area contributed by atoms with Crippen molar-refractivity contribution in [3.63, 3.8) is 0 Å². The van der Waals surface area contributed by atoms with Gasteiger partial charge in [0.1, 0.15) is 0 Å². The van der Waals surface area contributed by atoms with Gasteiger partial charge in [-0.2, -0.15) is 0 Å². The van der Waals surface area contributed by atoms with E-state index in [0.29, 0.717) is 0 Å². The van der Waals surface area contributed by atoms with Crippen LogP contribution in [0.2, 0.25) is 0 Å². The minimum Gasteiger partial charge on any atom is -0.393 e. The highest BCUT2D eigenvalue weighted by Crippen LogP contribution is 2.57. The summed E-state index contributed by atoms with van der Waals surface area (Å²) in [5.41, 5.74) is -0.301. The van der Waals surface area contributed by atoms with Gasteiger partial charge in [-0.15, -0.1) is 6.58 Å². The molecule has 4 fully saturated rings. The fourth-order valence-electron chi connectivity index (χ4n) is 4.11. The van der Waals surface area contributed by atoms with Gasteiger partial charge in [-0.1, -0.05) is 6.08 Å². The Morgan fingerprint density at radius 3 is 2.43 bits per heavy atom. The standard InChI is InChI=1S/C12H18O2/c1-2-11-4-9-3-10(5-11)7-12(6-9,8-13)14-11/h2,9-10,13H,1,3-8H2. The van der Waals surface area contributed by atoms with E-state index in [2.05, 4.69) is 6.58 Å². The van der Waals surface area contributed by atoms with E-state index in [0.717, 1.165) is 37.5 Å². The van der Waals surface area contributed by atoms with Crippen molar-refractivity contribution in [2.24, 2.45) is 11.8 Å². The number of ether oxygens (including phenoxy) is 1. The van der Waals surface area contributed by atoms with Crippen molar-refractivity contribution in [2.75, 3.05) is 6.61 Å². The van der Waals surface area contributed by atoms with Crippen LogP contribution in [0.15, 0.2) is 12.7 Å². The Balaban J connectivity index is 1.97. The van der Waals surface area contributed by atoms with Crippen LogP contribution in [0.25, 0.3) is 0 Å². The second-order valence-corrected chi connectivity index (χ2v) is 5.50. The average molecular weight is 194 g/mol. The molecular weight excluding hydrogens is 176 g/mol. The maximum absolute atomic E-state index is 9.48. The molecule has 0 aromatic heterocycles. The van der Waals surface area contributed by atoms with Crippen LogP contribution in [0.4, 0.5) is 0 Å². The van der Waals surface area contributed by atoms with Crippen LogP contribution in [0.3, 0.4) is 0 Å². The normalized spacial score (nSPS) is 54.9. The first-order valence-electron chi connectivity index (χ1n) is 5.64. The van der Waals surface area contributed by atoms with Crippen LogP contribution in [-0.2, 0) is 4.74 Å². The minimum absolute atomic E-state index is 0.0905. The summed E-state index contributed by atoms with van der Waals surface area (Å²) in [6.45, 7) is 4.10. The highest BCUT2D eigenvalue weighted by Gasteiger charge is 2.57. The lowest BCUT2D eigenvalue weighted by molar-refractivity contribution is -0.265. The monoisotopic (exact) mass is 194 g/mol. The SMILES string of the molecule is C=CC12CC3CC(C1)CC(CO)(C3)O2. The summed E-state index contributed by atoms with van der Waals surface area (Å²) in [6.07, 6.45) is 7.73. The molecule has 0 aromatic rings. The first-order valence-corrected chi connectivity index (χ1v) is 5.64. The zero-order chi connectivity index (χ0) is 9.81. The van der Waals surface area contributed by atoms with Crippen LogP contribution in [-0.4, -0.2) is 22.9 Å². The molecule has 2 unspecified atom stereocenters. The lowest BCUT2D eigenvalue weighted by Gasteiger charge is -2.60. The summed E-state index contributed by atoms with van der Waals surface area (Å²) < 4.78 is 6.13. The number of rotatable bonds is 2. The maximum Gasteiger partial charge on any atom is 0.0929 e. The van der Waals surface area contributed by atoms with E-state index >= 15 is 0 Å². The van der Waals surface area contributed by atoms with E-state index in [9.17, 15) is 5.11 Å². The average Bonchev–Trinajstić information content (AvgIpc) is 2.16. The van der Waals surface area contributed by atoms with Gasteiger partial charge >= 0.3 is 0 Å². The van der Waals surface area contributed by atoms with E-state index < -0.39 is 0 Å². The third-order valence-corrected chi connectivity index (χ3v) is 4.34. The smallest absolute Gasteiger partial charge is 0.0929 e. The van der Waals surface area contributed by atoms with Crippen molar-refractivity contribution in [3.05, 3.63) is 12.7 Å². The maximum atomic E-state index is 9.48. The molecule has 2 saturated heterocycles. The van der Waals surface area contributed by atoms with Crippen molar-refractivity contribution in [2.45, 2.75) is 43.3 Å². The quantitative estimate of drug-likeness (QED) is 0.680. The Morgan fingerprint density at radius 1 is 1.29 bits per heavy atom. The van der Waals surface area contributed by atoms with Crippen LogP contribution >= 0.6 is 0 Å². The Kier molecular flexibility index (Phi) is 1.67. The fourth-order valence-corrected chi connectivity index (χ4v) is 4.11. The molecule has 4 aliphatic rings. The fraction of sp³-hybridized carbons (Fsp3) is 0.833. The highest BCUT2D eigenvalue weighted by molar-refractivity contribution is 5.13. The molecule has 2 saturated carbocycles. The van der Waals surface area contributed by atoms with E-state index in [4.69, 9.17) is 4.74 Å². The summed E-state index contributed by atoms with van der Waals surface area (Å²) >= 11 is 0. The molecule has 0 radical (unpaired) electrons. The van der Waals surface area contributed by atoms with Gasteiger partial charge in [0.15, 0.2) is 0 Å². The van der Waals surface area contributed by atoms with Crippen molar-refractivity contribution in [1.82, 2.24) is 0 Å². The molecule has 0 amide bonds. The summed E-state index contributed by atoms with van der Waals surface area (Å²) in [5.74, 6) is 1.53. The molecule has 14 heavy (non-hydrogen) atoms. The predicted molar refractivity (Wildman–Crippen MR) is 53.9 cm³/mol. The van der Waals surface area contributed by atoms with Gasteiger partial charge in [-0.05, 0) is 43.9 Å². The summed E-state index contributed by atoms with van der Waals surface area (Å²) in [5, 5.41) is 9.48. The minimum atomic E-state index is -0.210. The van der Waals surface area contributed by atoms with Crippen molar-refractivity contribution < 1.29 is 9.84 Å². The van der Waals surface area contributed by atoms with Gasteiger partial charge in [0.25, 0.3) is 0 Å². The van der Waals surface area contributed by atoms with E-state index in [1.54, 1.807) is 0 Å². The lowest BCUT2D eigenvalue weighted by atomic mass is 9.58. The van der Waals surface area contributed by atoms with Crippen LogP contribution < -0.4 is 0 Å². The highest BCUT2D eigenvalue weighted by atomic mass is 16.5. The molecule has 1 N–H and O–H groups in total. The van der Waals surface area contributed by atoms with Crippen molar-refractivity contribution >= 4 is 0 Å². The van der Waals surface area contributed by atoms with Gasteiger partial charge in [-0.25, -0.2) is 0 Å². The Hall–Kier alpha value is -0.340. The number of hydrogen-bond donors (Lipinski definition) is 1. The topological polar surface area (TPSA) is 29.5 Å². The van der Waals surface area contributed by atoms with E-state index in [1.807, 2.05) is 6.08 Å². The number of hydrogen-bond acceptors (Lipinski definition) is 2. The first kappa shape index (κ1) is 8.93. The molecule has 2 heteroatoms. The number of aliphatic hydroxyl groups excluding tert-OH is 1. The third kappa shape index (κ3) is 1.04. The molecular formula is C12H18O2. The van der Waals surface area contributed by atoms with Gasteiger partial charge in [0.05, 0.1) is 17.8 Å². The molecule has 0 aromatic carbocycles. The molecule has 4 rings (SSSR count). The molecule has 2 nitrogen and oxygen atoms in total. The zero-order valence-electron chi connectivity index (χ0n) is 8.54. The molecule has 2 heterocycles. The summed E-state index contributed by atoms with van der Waals surface area (Å²) in [4.78, 5) is 0. The molecule has 2 aliphatic carbocycles. The largest absolute Gasteiger partial charge is 0.393 e. The van der Waals surface area contributed by atoms with Gasteiger partial charge in [0, 0.05) is 0 Å². The third-order valence-electron chi connectivity index (χ3n) is 4.34. The van der Waals surface area contributed by atoms with Crippen molar-refractivity contribution in [3.8, 4) is 0 Å². The predicted octanol–water partition coefficient (Wildman–Crippen LogP) is 1.88. The second-order valence-electron chi connectivity index (χ2n) is 5.50. The molecule has 0 spiro atoms. The van der Waals surface area contributed by atoms with Crippen molar-refractivity contribution in [1.29, 1.82) is 0 Å². The zero-order valence-corrected chi connectivity index (χ0v) is 8.54. The van der Waals surface area contributed by atoms with Gasteiger partial charge < -0.3 is 9.84 Å². The first-order chi connectivity index (χ1) is 6.69. The summed E-state index contributed by atoms with van der Waals surface area (Å²) in [7, 11) is 0. The Labute approximate surface area is 85.0 Å². The van der Waals surface area contributed by atoms with Gasteiger partial charge in [0.2, 0.25) is 0 Å². The van der Waals surface area contributed by atoms with Crippen LogP contribution in [0.5, 0.6) is 0 Å². The molecule has 4 bridgehead atoms. The second kappa shape index (κ2) is 2.61. The van der Waals surface area contributed by atoms with Crippen LogP contribution in [0.1, 0.15) is 32.1 Å². The Bertz CT molecular complexity index is 257. The lowest BCUT2D eigenvalue weighted by Crippen LogP contribution is -2.61. The number of aliphatic hydroxyl groups is 1. The van der Waals surface area contributed by atoms with E-state index in [1.165, 1.54) is 6.42 Å². The van der Waals surface area contributed by atoms with Crippen LogP contribution in [0, 0.1) is 11.8 Å². The summed E-state index contributed by atoms with van der Waals surface area (Å²) in [6, 6.07) is 0. The van der Waals surface area contributed by atoms with E-state index in [-0.39, 0.29) is 17.8 Å².